The normalized spacial score (nSPS) is 11.6. The number of nitrogens with zero attached hydrogens (tertiary/aromatic N) is 3. The molecule has 1 amide bonds. The van der Waals surface area contributed by atoms with E-state index in [1.165, 1.54) is 0 Å². The highest BCUT2D eigenvalue weighted by atomic mass is 16.5. The molecule has 1 heterocycles. The van der Waals surface area contributed by atoms with Crippen molar-refractivity contribution in [3.63, 3.8) is 0 Å². The Labute approximate surface area is 175 Å². The average molecular weight is 407 g/mol. The number of hydrogen-bond donors (Lipinski definition) is 0. The van der Waals surface area contributed by atoms with Gasteiger partial charge in [-0.3, -0.25) is 4.79 Å². The minimum Gasteiger partial charge on any atom is -0.497 e. The molecule has 7 heteroatoms. The zero-order valence-electron chi connectivity index (χ0n) is 17.4. The smallest absolute Gasteiger partial charge is 0.264 e. The molecular formula is C23H25N3O4. The van der Waals surface area contributed by atoms with Gasteiger partial charge in [0.05, 0.1) is 7.11 Å². The number of ether oxygens (including phenoxy) is 2. The van der Waals surface area contributed by atoms with Crippen molar-refractivity contribution in [3.8, 4) is 22.9 Å². The van der Waals surface area contributed by atoms with Gasteiger partial charge in [0.15, 0.2) is 6.10 Å². The first-order chi connectivity index (χ1) is 14.5. The molecule has 0 aliphatic rings. The number of benzene rings is 2. The number of aryl methyl sites for hydroxylation is 1. The van der Waals surface area contributed by atoms with Crippen LogP contribution in [0.2, 0.25) is 0 Å². The van der Waals surface area contributed by atoms with Gasteiger partial charge in [0.2, 0.25) is 11.7 Å². The highest BCUT2D eigenvalue weighted by Crippen LogP contribution is 2.20. The lowest BCUT2D eigenvalue weighted by Gasteiger charge is -2.23. The Kier molecular flexibility index (Phi) is 6.85. The third-order valence-corrected chi connectivity index (χ3v) is 4.49. The Morgan fingerprint density at radius 2 is 1.83 bits per heavy atom. The molecule has 0 radical (unpaired) electrons. The van der Waals surface area contributed by atoms with E-state index in [2.05, 4.69) is 16.7 Å². The van der Waals surface area contributed by atoms with Crippen molar-refractivity contribution in [2.75, 3.05) is 13.7 Å². The van der Waals surface area contributed by atoms with Crippen LogP contribution in [0.4, 0.5) is 0 Å². The van der Waals surface area contributed by atoms with Gasteiger partial charge in [-0.1, -0.05) is 41.1 Å². The van der Waals surface area contributed by atoms with Crippen LogP contribution in [0, 0.1) is 6.92 Å². The first kappa shape index (κ1) is 21.1. The zero-order valence-corrected chi connectivity index (χ0v) is 17.4. The molecule has 3 aromatic rings. The number of hydrogen-bond acceptors (Lipinski definition) is 6. The minimum atomic E-state index is -0.696. The van der Waals surface area contributed by atoms with E-state index >= 15 is 0 Å². The van der Waals surface area contributed by atoms with E-state index in [4.69, 9.17) is 14.0 Å². The Hall–Kier alpha value is -3.61. The summed E-state index contributed by atoms with van der Waals surface area (Å²) in [4.78, 5) is 18.9. The molecule has 0 fully saturated rings. The summed E-state index contributed by atoms with van der Waals surface area (Å²) in [6.07, 6.45) is 0.952. The maximum Gasteiger partial charge on any atom is 0.264 e. The number of carbonyl (C=O) groups is 1. The summed E-state index contributed by atoms with van der Waals surface area (Å²) in [7, 11) is 1.59. The van der Waals surface area contributed by atoms with E-state index in [9.17, 15) is 4.79 Å². The van der Waals surface area contributed by atoms with Crippen molar-refractivity contribution in [2.24, 2.45) is 0 Å². The Morgan fingerprint density at radius 3 is 2.47 bits per heavy atom. The van der Waals surface area contributed by atoms with E-state index < -0.39 is 6.10 Å². The molecule has 0 N–H and O–H groups in total. The largest absolute Gasteiger partial charge is 0.497 e. The average Bonchev–Trinajstić information content (AvgIpc) is 3.22. The van der Waals surface area contributed by atoms with Crippen LogP contribution in [-0.2, 0) is 11.3 Å². The second-order valence-electron chi connectivity index (χ2n) is 6.82. The fourth-order valence-corrected chi connectivity index (χ4v) is 2.86. The highest BCUT2D eigenvalue weighted by molar-refractivity contribution is 5.81. The van der Waals surface area contributed by atoms with Crippen LogP contribution >= 0.6 is 0 Å². The quantitative estimate of drug-likeness (QED) is 0.498. The van der Waals surface area contributed by atoms with E-state index in [0.717, 1.165) is 16.9 Å². The topological polar surface area (TPSA) is 77.7 Å². The monoisotopic (exact) mass is 407 g/mol. The van der Waals surface area contributed by atoms with Crippen LogP contribution < -0.4 is 9.47 Å². The summed E-state index contributed by atoms with van der Waals surface area (Å²) in [5, 5.41) is 4.02. The molecule has 0 saturated heterocycles. The summed E-state index contributed by atoms with van der Waals surface area (Å²) >= 11 is 0. The van der Waals surface area contributed by atoms with Crippen molar-refractivity contribution >= 4 is 5.91 Å². The Balaban J connectivity index is 1.67. The summed E-state index contributed by atoms with van der Waals surface area (Å²) in [5.41, 5.74) is 2.00. The van der Waals surface area contributed by atoms with Crippen LogP contribution in [0.3, 0.4) is 0 Å². The van der Waals surface area contributed by atoms with Gasteiger partial charge in [-0.25, -0.2) is 0 Å². The maximum absolute atomic E-state index is 12.9. The van der Waals surface area contributed by atoms with Crippen molar-refractivity contribution in [3.05, 3.63) is 72.6 Å². The summed E-state index contributed by atoms with van der Waals surface area (Å²) in [5.74, 6) is 1.92. The van der Waals surface area contributed by atoms with Crippen LogP contribution in [0.25, 0.3) is 11.4 Å². The van der Waals surface area contributed by atoms with Crippen LogP contribution in [0.5, 0.6) is 11.5 Å². The van der Waals surface area contributed by atoms with Crippen molar-refractivity contribution in [2.45, 2.75) is 26.5 Å². The molecular weight excluding hydrogens is 382 g/mol. The first-order valence-corrected chi connectivity index (χ1v) is 9.60. The fourth-order valence-electron chi connectivity index (χ4n) is 2.86. The van der Waals surface area contributed by atoms with Gasteiger partial charge in [0, 0.05) is 12.1 Å². The number of amides is 1. The van der Waals surface area contributed by atoms with Gasteiger partial charge in [0.25, 0.3) is 5.91 Å². The predicted octanol–water partition coefficient (Wildman–Crippen LogP) is 4.04. The highest BCUT2D eigenvalue weighted by Gasteiger charge is 2.23. The molecule has 0 aliphatic carbocycles. The molecule has 1 atom stereocenters. The van der Waals surface area contributed by atoms with Crippen LogP contribution in [-0.4, -0.2) is 40.7 Å². The molecule has 0 bridgehead atoms. The van der Waals surface area contributed by atoms with Gasteiger partial charge < -0.3 is 18.9 Å². The second-order valence-corrected chi connectivity index (χ2v) is 6.82. The lowest BCUT2D eigenvalue weighted by molar-refractivity contribution is -0.138. The number of rotatable bonds is 9. The fraction of sp³-hybridized carbons (Fsp3) is 0.261. The maximum atomic E-state index is 12.9. The molecule has 7 nitrogen and oxygen atoms in total. The van der Waals surface area contributed by atoms with Crippen LogP contribution in [0.15, 0.2) is 65.7 Å². The molecule has 2 aromatic carbocycles. The first-order valence-electron chi connectivity index (χ1n) is 9.60. The van der Waals surface area contributed by atoms with Crippen molar-refractivity contribution < 1.29 is 18.8 Å². The van der Waals surface area contributed by atoms with Gasteiger partial charge in [-0.15, -0.1) is 6.58 Å². The summed E-state index contributed by atoms with van der Waals surface area (Å²) in [6, 6.07) is 14.9. The Morgan fingerprint density at radius 1 is 1.17 bits per heavy atom. The summed E-state index contributed by atoms with van der Waals surface area (Å²) in [6.45, 7) is 7.95. The van der Waals surface area contributed by atoms with E-state index in [-0.39, 0.29) is 12.5 Å². The molecule has 0 aliphatic heterocycles. The molecule has 30 heavy (non-hydrogen) atoms. The number of aromatic nitrogens is 2. The summed E-state index contributed by atoms with van der Waals surface area (Å²) < 4.78 is 16.3. The standard InChI is InChI=1S/C23H25N3O4/c1-5-14-26(23(27)17(3)29-20-12-10-19(28-4)11-13-20)15-21-24-22(25-30-21)18-8-6-16(2)7-9-18/h5-13,17H,1,14-15H2,2-4H3/t17-/m0/s1. The lowest BCUT2D eigenvalue weighted by Crippen LogP contribution is -2.40. The zero-order chi connectivity index (χ0) is 21.5. The van der Waals surface area contributed by atoms with E-state index in [1.807, 2.05) is 31.2 Å². The minimum absolute atomic E-state index is 0.167. The molecule has 3 rings (SSSR count). The molecule has 0 spiro atoms. The van der Waals surface area contributed by atoms with Crippen molar-refractivity contribution in [1.82, 2.24) is 15.0 Å². The molecule has 156 valence electrons. The van der Waals surface area contributed by atoms with E-state index in [0.29, 0.717) is 24.0 Å². The van der Waals surface area contributed by atoms with E-state index in [1.54, 1.807) is 49.3 Å². The molecule has 0 saturated carbocycles. The van der Waals surface area contributed by atoms with Gasteiger partial charge in [-0.2, -0.15) is 4.98 Å². The third-order valence-electron chi connectivity index (χ3n) is 4.49. The van der Waals surface area contributed by atoms with Gasteiger partial charge in [-0.05, 0) is 38.1 Å². The SMILES string of the molecule is C=CCN(Cc1nc(-c2ccc(C)cc2)no1)C(=O)[C@H](C)Oc1ccc(OC)cc1. The van der Waals surface area contributed by atoms with Gasteiger partial charge >= 0.3 is 0 Å². The Bertz CT molecular complexity index is 980. The number of methoxy groups -OCH3 is 1. The molecule has 0 unspecified atom stereocenters. The lowest BCUT2D eigenvalue weighted by atomic mass is 10.1. The second kappa shape index (κ2) is 9.73. The van der Waals surface area contributed by atoms with Crippen molar-refractivity contribution in [1.29, 1.82) is 0 Å². The predicted molar refractivity (Wildman–Crippen MR) is 113 cm³/mol. The van der Waals surface area contributed by atoms with Crippen LogP contribution in [0.1, 0.15) is 18.4 Å². The number of carbonyl (C=O) groups excluding carboxylic acids is 1. The van der Waals surface area contributed by atoms with Gasteiger partial charge in [0.1, 0.15) is 18.0 Å². The molecule has 1 aromatic heterocycles. The third kappa shape index (κ3) is 5.26.